The summed E-state index contributed by atoms with van der Waals surface area (Å²) in [4.78, 5) is 16.6. The molecule has 0 amide bonds. The summed E-state index contributed by atoms with van der Waals surface area (Å²) in [5.74, 6) is -1.31. The molecule has 1 aliphatic heterocycles. The van der Waals surface area contributed by atoms with E-state index < -0.39 is 5.97 Å². The van der Waals surface area contributed by atoms with E-state index in [2.05, 4.69) is 4.98 Å². The standard InChI is InChI=1S/C8H9ClN2O2S.Na/c9-6-5(7(12)13)10-8(14-6)11-3-1-2-4-11;/h1-4H2,(H,12,13);/q;+1/p-1. The molecule has 0 spiro atoms. The number of hydrogen-bond donors (Lipinski definition) is 0. The number of carbonyl (C=O) groups is 1. The first-order chi connectivity index (χ1) is 6.68. The molecule has 2 heterocycles. The molecule has 0 radical (unpaired) electrons. The minimum Gasteiger partial charge on any atom is -0.543 e. The second-order valence-corrected chi connectivity index (χ2v) is 4.68. The van der Waals surface area contributed by atoms with Gasteiger partial charge in [-0.2, -0.15) is 0 Å². The van der Waals surface area contributed by atoms with Crippen LogP contribution in [0.5, 0.6) is 0 Å². The number of carboxylic acids is 1. The van der Waals surface area contributed by atoms with Crippen molar-refractivity contribution in [3.63, 3.8) is 0 Å². The molecule has 15 heavy (non-hydrogen) atoms. The number of hydrogen-bond acceptors (Lipinski definition) is 5. The summed E-state index contributed by atoms with van der Waals surface area (Å²) in [6.07, 6.45) is 2.25. The van der Waals surface area contributed by atoms with Gasteiger partial charge in [0.1, 0.15) is 10.0 Å². The van der Waals surface area contributed by atoms with Crippen LogP contribution in [-0.2, 0) is 0 Å². The second kappa shape index (κ2) is 5.50. The summed E-state index contributed by atoms with van der Waals surface area (Å²) < 4.78 is 0.201. The minimum atomic E-state index is -1.31. The van der Waals surface area contributed by atoms with Gasteiger partial charge >= 0.3 is 29.6 Å². The van der Waals surface area contributed by atoms with Crippen LogP contribution in [0.2, 0.25) is 4.34 Å². The fourth-order valence-electron chi connectivity index (χ4n) is 1.46. The first-order valence-electron chi connectivity index (χ1n) is 4.31. The van der Waals surface area contributed by atoms with Crippen LogP contribution in [0, 0.1) is 0 Å². The summed E-state index contributed by atoms with van der Waals surface area (Å²) in [5, 5.41) is 11.3. The van der Waals surface area contributed by atoms with Crippen LogP contribution in [0.25, 0.3) is 0 Å². The van der Waals surface area contributed by atoms with Crippen molar-refractivity contribution in [1.29, 1.82) is 0 Å². The van der Waals surface area contributed by atoms with Gasteiger partial charge in [0, 0.05) is 13.1 Å². The maximum Gasteiger partial charge on any atom is 1.00 e. The monoisotopic (exact) mass is 254 g/mol. The van der Waals surface area contributed by atoms with Crippen LogP contribution in [0.15, 0.2) is 0 Å². The molecule has 0 saturated carbocycles. The molecule has 4 nitrogen and oxygen atoms in total. The zero-order chi connectivity index (χ0) is 10.1. The van der Waals surface area contributed by atoms with E-state index in [4.69, 9.17) is 11.6 Å². The SMILES string of the molecule is O=C([O-])c1nc(N2CCCC2)sc1Cl.[Na+]. The van der Waals surface area contributed by atoms with Crippen LogP contribution in [0.4, 0.5) is 5.13 Å². The quantitative estimate of drug-likeness (QED) is 0.561. The largest absolute Gasteiger partial charge is 1.00 e. The van der Waals surface area contributed by atoms with Crippen LogP contribution in [0.3, 0.4) is 0 Å². The number of aromatic carboxylic acids is 1. The van der Waals surface area contributed by atoms with E-state index in [1.54, 1.807) is 0 Å². The molecular weight excluding hydrogens is 247 g/mol. The van der Waals surface area contributed by atoms with E-state index in [9.17, 15) is 9.90 Å². The Morgan fingerprint density at radius 1 is 1.47 bits per heavy atom. The normalized spacial score (nSPS) is 15.1. The maximum atomic E-state index is 10.6. The van der Waals surface area contributed by atoms with Crippen molar-refractivity contribution in [1.82, 2.24) is 4.98 Å². The number of halogens is 1. The molecule has 0 aliphatic carbocycles. The summed E-state index contributed by atoms with van der Waals surface area (Å²) in [6.45, 7) is 1.85. The van der Waals surface area contributed by atoms with Gasteiger partial charge in [-0.25, -0.2) is 4.98 Å². The van der Waals surface area contributed by atoms with Crippen molar-refractivity contribution in [2.45, 2.75) is 12.8 Å². The molecule has 0 aromatic carbocycles. The fraction of sp³-hybridized carbons (Fsp3) is 0.500. The number of nitrogens with zero attached hydrogens (tertiary/aromatic N) is 2. The summed E-state index contributed by atoms with van der Waals surface area (Å²) >= 11 is 6.93. The molecule has 2 rings (SSSR count). The van der Waals surface area contributed by atoms with Crippen molar-refractivity contribution in [3.05, 3.63) is 10.0 Å². The second-order valence-electron chi connectivity index (χ2n) is 3.10. The van der Waals surface area contributed by atoms with Crippen molar-refractivity contribution in [2.75, 3.05) is 18.0 Å². The smallest absolute Gasteiger partial charge is 0.543 e. The average Bonchev–Trinajstić information content (AvgIpc) is 2.70. The van der Waals surface area contributed by atoms with Gasteiger partial charge in [-0.1, -0.05) is 22.9 Å². The predicted octanol–water partition coefficient (Wildman–Crippen LogP) is -2.24. The van der Waals surface area contributed by atoms with Crippen molar-refractivity contribution in [3.8, 4) is 0 Å². The Bertz CT molecular complexity index is 366. The number of carboxylic acid groups (broad SMARTS) is 1. The van der Waals surface area contributed by atoms with E-state index in [1.165, 1.54) is 11.3 Å². The van der Waals surface area contributed by atoms with E-state index >= 15 is 0 Å². The Morgan fingerprint density at radius 3 is 2.53 bits per heavy atom. The first kappa shape index (κ1) is 13.3. The molecule has 0 atom stereocenters. The zero-order valence-electron chi connectivity index (χ0n) is 8.33. The molecule has 1 aromatic heterocycles. The number of anilines is 1. The molecule has 1 fully saturated rings. The molecule has 0 N–H and O–H groups in total. The predicted molar refractivity (Wildman–Crippen MR) is 52.9 cm³/mol. The molecule has 1 aromatic rings. The number of rotatable bonds is 2. The number of aromatic nitrogens is 1. The Balaban J connectivity index is 0.00000112. The van der Waals surface area contributed by atoms with E-state index in [1.807, 2.05) is 4.90 Å². The van der Waals surface area contributed by atoms with Crippen LogP contribution in [-0.4, -0.2) is 24.0 Å². The zero-order valence-corrected chi connectivity index (χ0v) is 11.9. The van der Waals surface area contributed by atoms with Crippen molar-refractivity contribution >= 4 is 34.0 Å². The van der Waals surface area contributed by atoms with Crippen molar-refractivity contribution in [2.24, 2.45) is 0 Å². The third-order valence-corrected chi connectivity index (χ3v) is 3.46. The van der Waals surface area contributed by atoms with E-state index in [0.717, 1.165) is 25.9 Å². The van der Waals surface area contributed by atoms with Crippen LogP contribution < -0.4 is 39.6 Å². The van der Waals surface area contributed by atoms with Crippen molar-refractivity contribution < 1.29 is 39.5 Å². The minimum absolute atomic E-state index is 0. The molecular formula is C8H8ClN2NaO2S. The van der Waals surface area contributed by atoms with Gasteiger partial charge in [0.15, 0.2) is 5.13 Å². The Hall–Kier alpha value is 0.190. The fourth-order valence-corrected chi connectivity index (χ4v) is 2.62. The van der Waals surface area contributed by atoms with Gasteiger partial charge in [-0.05, 0) is 12.8 Å². The molecule has 1 aliphatic rings. The van der Waals surface area contributed by atoms with Gasteiger partial charge in [0.2, 0.25) is 0 Å². The molecule has 0 bridgehead atoms. The average molecular weight is 255 g/mol. The molecule has 76 valence electrons. The van der Waals surface area contributed by atoms with Crippen LogP contribution >= 0.6 is 22.9 Å². The van der Waals surface area contributed by atoms with Gasteiger partial charge < -0.3 is 14.8 Å². The summed E-state index contributed by atoms with van der Waals surface area (Å²) in [7, 11) is 0. The first-order valence-corrected chi connectivity index (χ1v) is 5.50. The third-order valence-electron chi connectivity index (χ3n) is 2.14. The molecule has 1 saturated heterocycles. The van der Waals surface area contributed by atoms with E-state index in [-0.39, 0.29) is 39.6 Å². The third kappa shape index (κ3) is 2.85. The van der Waals surface area contributed by atoms with Gasteiger partial charge in [-0.3, -0.25) is 0 Å². The summed E-state index contributed by atoms with van der Waals surface area (Å²) in [5.41, 5.74) is -0.140. The Morgan fingerprint density at radius 2 is 2.07 bits per heavy atom. The number of thiazole rings is 1. The van der Waals surface area contributed by atoms with Gasteiger partial charge in [0.25, 0.3) is 0 Å². The van der Waals surface area contributed by atoms with Gasteiger partial charge in [0.05, 0.1) is 5.97 Å². The maximum absolute atomic E-state index is 10.6. The summed E-state index contributed by atoms with van der Waals surface area (Å²) in [6, 6.07) is 0. The van der Waals surface area contributed by atoms with Crippen LogP contribution in [0.1, 0.15) is 23.3 Å². The topological polar surface area (TPSA) is 56.3 Å². The Kier molecular flexibility index (Phi) is 4.86. The Labute approximate surface area is 119 Å². The van der Waals surface area contributed by atoms with Gasteiger partial charge in [-0.15, -0.1) is 0 Å². The van der Waals surface area contributed by atoms with E-state index in [0.29, 0.717) is 5.13 Å². The number of carbonyl (C=O) groups excluding carboxylic acids is 1. The molecule has 7 heteroatoms. The molecule has 0 unspecified atom stereocenters.